The third kappa shape index (κ3) is 4.06. The molecule has 2 aliphatic rings. The molecule has 1 aromatic carbocycles. The van der Waals surface area contributed by atoms with E-state index in [1.807, 2.05) is 35.4 Å². The molecule has 144 valence electrons. The summed E-state index contributed by atoms with van der Waals surface area (Å²) in [5.74, 6) is 1.68. The molecule has 8 heteroatoms. The van der Waals surface area contributed by atoms with Crippen LogP contribution in [0.25, 0.3) is 0 Å². The molecule has 2 atom stereocenters. The van der Waals surface area contributed by atoms with Gasteiger partial charge < -0.3 is 19.1 Å². The smallest absolute Gasteiger partial charge is 0.331 e. The van der Waals surface area contributed by atoms with E-state index in [1.165, 1.54) is 0 Å². The van der Waals surface area contributed by atoms with Crippen molar-refractivity contribution >= 4 is 43.7 Å². The Morgan fingerprint density at radius 3 is 2.67 bits per heavy atom. The summed E-state index contributed by atoms with van der Waals surface area (Å²) in [6.07, 6.45) is 4.37. The predicted octanol–water partition coefficient (Wildman–Crippen LogP) is 4.31. The molecule has 0 bridgehead atoms. The molecule has 0 saturated carbocycles. The van der Waals surface area contributed by atoms with Crippen LogP contribution in [-0.2, 0) is 9.53 Å². The van der Waals surface area contributed by atoms with Gasteiger partial charge >= 0.3 is 5.97 Å². The van der Waals surface area contributed by atoms with Crippen molar-refractivity contribution in [1.82, 2.24) is 4.90 Å². The Hall–Kier alpha value is -1.80. The second-order valence-electron chi connectivity index (χ2n) is 6.00. The maximum Gasteiger partial charge on any atom is 0.331 e. The Kier molecular flexibility index (Phi) is 6.26. The Bertz CT molecular complexity index is 835. The SMILES string of the molecule is CCOC(=O)C1CC(c2ccc(OC)c(OC)c2)N2C=C(Br)C=C(Br)C2=N1. The van der Waals surface area contributed by atoms with Gasteiger partial charge in [0.1, 0.15) is 5.84 Å². The van der Waals surface area contributed by atoms with E-state index in [2.05, 4.69) is 36.9 Å². The molecule has 2 aliphatic heterocycles. The van der Waals surface area contributed by atoms with E-state index in [4.69, 9.17) is 14.2 Å². The molecular formula is C19H20Br2N2O4. The minimum atomic E-state index is -0.569. The summed E-state index contributed by atoms with van der Waals surface area (Å²) in [7, 11) is 3.21. The molecule has 1 aromatic rings. The van der Waals surface area contributed by atoms with Crippen molar-refractivity contribution in [3.8, 4) is 11.5 Å². The van der Waals surface area contributed by atoms with Crippen LogP contribution in [0.1, 0.15) is 24.9 Å². The molecule has 2 unspecified atom stereocenters. The van der Waals surface area contributed by atoms with Gasteiger partial charge in [0, 0.05) is 17.1 Å². The number of benzene rings is 1. The molecule has 0 radical (unpaired) electrons. The van der Waals surface area contributed by atoms with Crippen molar-refractivity contribution < 1.29 is 19.0 Å². The zero-order valence-electron chi connectivity index (χ0n) is 15.2. The highest BCUT2D eigenvalue weighted by molar-refractivity contribution is 9.12. The summed E-state index contributed by atoms with van der Waals surface area (Å²) >= 11 is 7.09. The first kappa shape index (κ1) is 19.9. The normalized spacial score (nSPS) is 21.5. The predicted molar refractivity (Wildman–Crippen MR) is 111 cm³/mol. The van der Waals surface area contributed by atoms with E-state index >= 15 is 0 Å². The number of ether oxygens (including phenoxy) is 3. The topological polar surface area (TPSA) is 60.4 Å². The van der Waals surface area contributed by atoms with Crippen LogP contribution in [0.15, 0.2) is 44.4 Å². The molecule has 0 N–H and O–H groups in total. The van der Waals surface area contributed by atoms with Crippen molar-refractivity contribution in [3.63, 3.8) is 0 Å². The number of methoxy groups -OCH3 is 2. The van der Waals surface area contributed by atoms with Crippen LogP contribution in [0.2, 0.25) is 0 Å². The Morgan fingerprint density at radius 2 is 2.00 bits per heavy atom. The molecule has 0 aromatic heterocycles. The van der Waals surface area contributed by atoms with Crippen LogP contribution in [0.5, 0.6) is 11.5 Å². The standard InChI is InChI=1S/C19H20Br2N2O4/c1-4-27-19(24)14-9-15(11-5-6-16(25-2)17(7-11)26-3)23-10-12(20)8-13(21)18(23)22-14/h5-8,10,14-15H,4,9H2,1-3H3. The molecule has 0 fully saturated rings. The summed E-state index contributed by atoms with van der Waals surface area (Å²) in [5, 5.41) is 0. The fraction of sp³-hybridized carbons (Fsp3) is 0.368. The quantitative estimate of drug-likeness (QED) is 0.565. The highest BCUT2D eigenvalue weighted by Crippen LogP contribution is 2.40. The number of carbonyl (C=O) groups is 1. The second kappa shape index (κ2) is 8.48. The number of hydrogen-bond acceptors (Lipinski definition) is 6. The monoisotopic (exact) mass is 498 g/mol. The Morgan fingerprint density at radius 1 is 1.26 bits per heavy atom. The van der Waals surface area contributed by atoms with Crippen molar-refractivity contribution in [2.75, 3.05) is 20.8 Å². The maximum absolute atomic E-state index is 12.4. The number of fused-ring (bicyclic) bond motifs is 1. The van der Waals surface area contributed by atoms with Gasteiger partial charge in [-0.25, -0.2) is 4.79 Å². The first-order chi connectivity index (χ1) is 13.0. The molecule has 3 rings (SSSR count). The van der Waals surface area contributed by atoms with Gasteiger partial charge in [-0.3, -0.25) is 4.99 Å². The van der Waals surface area contributed by atoms with Crippen LogP contribution in [0, 0.1) is 0 Å². The number of rotatable bonds is 5. The second-order valence-corrected chi connectivity index (χ2v) is 7.77. The summed E-state index contributed by atoms with van der Waals surface area (Å²) < 4.78 is 17.7. The van der Waals surface area contributed by atoms with E-state index in [0.29, 0.717) is 30.4 Å². The lowest BCUT2D eigenvalue weighted by Crippen LogP contribution is -2.42. The number of aliphatic imine (C=N–C) groups is 1. The number of hydrogen-bond donors (Lipinski definition) is 0. The van der Waals surface area contributed by atoms with Gasteiger partial charge in [0.2, 0.25) is 0 Å². The van der Waals surface area contributed by atoms with Gasteiger partial charge in [-0.15, -0.1) is 0 Å². The lowest BCUT2D eigenvalue weighted by Gasteiger charge is -2.39. The third-order valence-electron chi connectivity index (χ3n) is 4.40. The number of carbonyl (C=O) groups excluding carboxylic acids is 1. The van der Waals surface area contributed by atoms with Crippen LogP contribution in [0.3, 0.4) is 0 Å². The largest absolute Gasteiger partial charge is 0.493 e. The zero-order valence-corrected chi connectivity index (χ0v) is 18.4. The molecule has 27 heavy (non-hydrogen) atoms. The number of esters is 1. The Labute approximate surface area is 175 Å². The minimum absolute atomic E-state index is 0.111. The van der Waals surface area contributed by atoms with Gasteiger partial charge in [-0.2, -0.15) is 0 Å². The number of amidine groups is 1. The van der Waals surface area contributed by atoms with Gasteiger partial charge in [0.15, 0.2) is 17.5 Å². The molecule has 0 aliphatic carbocycles. The average Bonchev–Trinajstić information content (AvgIpc) is 2.66. The Balaban J connectivity index is 2.04. The summed E-state index contributed by atoms with van der Waals surface area (Å²) in [5.41, 5.74) is 0.994. The van der Waals surface area contributed by atoms with Gasteiger partial charge in [-0.05, 0) is 62.6 Å². The van der Waals surface area contributed by atoms with Crippen molar-refractivity contribution in [1.29, 1.82) is 0 Å². The van der Waals surface area contributed by atoms with E-state index in [1.54, 1.807) is 21.1 Å². The van der Waals surface area contributed by atoms with Crippen LogP contribution < -0.4 is 9.47 Å². The van der Waals surface area contributed by atoms with Crippen molar-refractivity contribution in [3.05, 3.63) is 45.0 Å². The molecule has 0 amide bonds. The van der Waals surface area contributed by atoms with E-state index in [-0.39, 0.29) is 12.0 Å². The summed E-state index contributed by atoms with van der Waals surface area (Å²) in [6.45, 7) is 2.12. The fourth-order valence-electron chi connectivity index (χ4n) is 3.18. The lowest BCUT2D eigenvalue weighted by molar-refractivity contribution is -0.145. The highest BCUT2D eigenvalue weighted by Gasteiger charge is 2.37. The molecule has 0 spiro atoms. The van der Waals surface area contributed by atoms with Gasteiger partial charge in [0.05, 0.1) is 31.4 Å². The third-order valence-corrected chi connectivity index (χ3v) is 5.41. The number of nitrogens with zero attached hydrogens (tertiary/aromatic N) is 2. The van der Waals surface area contributed by atoms with Gasteiger partial charge in [0.25, 0.3) is 0 Å². The van der Waals surface area contributed by atoms with Gasteiger partial charge in [-0.1, -0.05) is 6.07 Å². The molecule has 2 heterocycles. The van der Waals surface area contributed by atoms with E-state index < -0.39 is 6.04 Å². The number of halogens is 2. The van der Waals surface area contributed by atoms with E-state index in [0.717, 1.165) is 14.5 Å². The maximum atomic E-state index is 12.4. The van der Waals surface area contributed by atoms with Crippen LogP contribution >= 0.6 is 31.9 Å². The van der Waals surface area contributed by atoms with Crippen molar-refractivity contribution in [2.45, 2.75) is 25.4 Å². The fourth-order valence-corrected chi connectivity index (χ4v) is 4.49. The first-order valence-electron chi connectivity index (χ1n) is 8.48. The summed E-state index contributed by atoms with van der Waals surface area (Å²) in [4.78, 5) is 19.1. The van der Waals surface area contributed by atoms with E-state index in [9.17, 15) is 4.79 Å². The van der Waals surface area contributed by atoms with Crippen molar-refractivity contribution in [2.24, 2.45) is 4.99 Å². The first-order valence-corrected chi connectivity index (χ1v) is 10.1. The minimum Gasteiger partial charge on any atom is -0.493 e. The summed E-state index contributed by atoms with van der Waals surface area (Å²) in [6, 6.07) is 5.10. The number of allylic oxidation sites excluding steroid dienone is 2. The molecular weight excluding hydrogens is 480 g/mol. The molecule has 0 saturated heterocycles. The highest BCUT2D eigenvalue weighted by atomic mass is 79.9. The zero-order chi connectivity index (χ0) is 19.6. The lowest BCUT2D eigenvalue weighted by atomic mass is 9.94. The van der Waals surface area contributed by atoms with Crippen LogP contribution in [-0.4, -0.2) is 43.6 Å². The van der Waals surface area contributed by atoms with Crippen LogP contribution in [0.4, 0.5) is 0 Å². The average molecular weight is 500 g/mol. The molecule has 6 nitrogen and oxygen atoms in total.